The van der Waals surface area contributed by atoms with Crippen LogP contribution in [0.3, 0.4) is 0 Å². The van der Waals surface area contributed by atoms with Gasteiger partial charge in [0.25, 0.3) is 0 Å². The van der Waals surface area contributed by atoms with Crippen LogP contribution in [-0.4, -0.2) is 25.3 Å². The van der Waals surface area contributed by atoms with Gasteiger partial charge in [0.15, 0.2) is 0 Å². The maximum atomic E-state index is 9.27. The number of benzene rings is 1. The summed E-state index contributed by atoms with van der Waals surface area (Å²) >= 11 is 0. The Morgan fingerprint density at radius 3 is 3.00 bits per heavy atom. The second kappa shape index (κ2) is 4.47. The Morgan fingerprint density at radius 2 is 2.27 bits per heavy atom. The lowest BCUT2D eigenvalue weighted by Gasteiger charge is -2.13. The van der Waals surface area contributed by atoms with Gasteiger partial charge in [-0.05, 0) is 30.8 Å². The molecule has 0 aliphatic carbocycles. The van der Waals surface area contributed by atoms with Crippen molar-refractivity contribution in [2.24, 2.45) is 0 Å². The van der Waals surface area contributed by atoms with Crippen LogP contribution in [-0.2, 0) is 0 Å². The molecule has 0 saturated heterocycles. The Balaban J connectivity index is 2.33. The molecule has 0 radical (unpaired) electrons. The summed E-state index contributed by atoms with van der Waals surface area (Å²) in [5.41, 5.74) is 2.03. The number of nitrogens with one attached hydrogen (secondary N) is 1. The summed E-state index contributed by atoms with van der Waals surface area (Å²) < 4.78 is 5.27. The standard InChI is InChI=1S/C12H15NO2/c1-13-7-11(8-14)9-2-3-12-10(6-9)4-5-15-12/h2-6,11,13-14H,7-8H2,1H3. The van der Waals surface area contributed by atoms with Crippen molar-refractivity contribution in [1.82, 2.24) is 5.32 Å². The summed E-state index contributed by atoms with van der Waals surface area (Å²) in [6, 6.07) is 7.96. The van der Waals surface area contributed by atoms with E-state index in [1.165, 1.54) is 0 Å². The summed E-state index contributed by atoms with van der Waals surface area (Å²) in [4.78, 5) is 0. The molecule has 0 aliphatic rings. The zero-order valence-electron chi connectivity index (χ0n) is 8.73. The van der Waals surface area contributed by atoms with Crippen LogP contribution in [0.15, 0.2) is 34.9 Å². The molecule has 0 bridgehead atoms. The topological polar surface area (TPSA) is 45.4 Å². The van der Waals surface area contributed by atoms with E-state index in [4.69, 9.17) is 4.42 Å². The third-order valence-corrected chi connectivity index (χ3v) is 2.62. The Bertz CT molecular complexity index is 436. The number of rotatable bonds is 4. The predicted molar refractivity (Wildman–Crippen MR) is 60.0 cm³/mol. The fourth-order valence-corrected chi connectivity index (χ4v) is 1.77. The summed E-state index contributed by atoms with van der Waals surface area (Å²) in [7, 11) is 1.89. The highest BCUT2D eigenvalue weighted by atomic mass is 16.3. The first-order valence-electron chi connectivity index (χ1n) is 5.07. The largest absolute Gasteiger partial charge is 0.464 e. The molecule has 1 aromatic carbocycles. The Hall–Kier alpha value is -1.32. The minimum Gasteiger partial charge on any atom is -0.464 e. The van der Waals surface area contributed by atoms with E-state index >= 15 is 0 Å². The number of aliphatic hydroxyl groups is 1. The Labute approximate surface area is 88.7 Å². The van der Waals surface area contributed by atoms with E-state index in [-0.39, 0.29) is 12.5 Å². The molecule has 2 rings (SSSR count). The first-order valence-corrected chi connectivity index (χ1v) is 5.07. The molecule has 1 unspecified atom stereocenters. The van der Waals surface area contributed by atoms with Gasteiger partial charge < -0.3 is 14.8 Å². The van der Waals surface area contributed by atoms with E-state index in [0.717, 1.165) is 23.1 Å². The van der Waals surface area contributed by atoms with Crippen molar-refractivity contribution in [2.45, 2.75) is 5.92 Å². The molecule has 3 nitrogen and oxygen atoms in total. The van der Waals surface area contributed by atoms with Gasteiger partial charge in [0, 0.05) is 17.8 Å². The van der Waals surface area contributed by atoms with Crippen molar-refractivity contribution in [3.63, 3.8) is 0 Å². The van der Waals surface area contributed by atoms with Crippen LogP contribution in [0.1, 0.15) is 11.5 Å². The molecule has 2 N–H and O–H groups in total. The van der Waals surface area contributed by atoms with E-state index in [9.17, 15) is 5.11 Å². The zero-order chi connectivity index (χ0) is 10.7. The quantitative estimate of drug-likeness (QED) is 0.799. The molecule has 1 aromatic heterocycles. The van der Waals surface area contributed by atoms with Crippen molar-refractivity contribution in [3.05, 3.63) is 36.1 Å². The predicted octanol–water partition coefficient (Wildman–Crippen LogP) is 1.73. The Kier molecular flexibility index (Phi) is 3.04. The van der Waals surface area contributed by atoms with Crippen LogP contribution in [0.25, 0.3) is 11.0 Å². The van der Waals surface area contributed by atoms with Crippen molar-refractivity contribution in [2.75, 3.05) is 20.2 Å². The van der Waals surface area contributed by atoms with E-state index in [1.807, 2.05) is 25.2 Å². The molecular formula is C12H15NO2. The second-order valence-electron chi connectivity index (χ2n) is 3.66. The molecule has 0 spiro atoms. The lowest BCUT2D eigenvalue weighted by Crippen LogP contribution is -2.19. The molecule has 0 saturated carbocycles. The third-order valence-electron chi connectivity index (χ3n) is 2.62. The van der Waals surface area contributed by atoms with Gasteiger partial charge in [0.2, 0.25) is 0 Å². The number of likely N-dealkylation sites (N-methyl/N-ethyl adjacent to an activating group) is 1. The fraction of sp³-hybridized carbons (Fsp3) is 0.333. The number of fused-ring (bicyclic) bond motifs is 1. The van der Waals surface area contributed by atoms with Gasteiger partial charge in [-0.15, -0.1) is 0 Å². The van der Waals surface area contributed by atoms with Gasteiger partial charge in [-0.25, -0.2) is 0 Å². The minimum absolute atomic E-state index is 0.147. The summed E-state index contributed by atoms with van der Waals surface area (Å²) in [5, 5.41) is 13.4. The SMILES string of the molecule is CNCC(CO)c1ccc2occc2c1. The molecule has 0 aliphatic heterocycles. The van der Waals surface area contributed by atoms with Crippen molar-refractivity contribution in [1.29, 1.82) is 0 Å². The highest BCUT2D eigenvalue weighted by Crippen LogP contribution is 2.22. The number of hydrogen-bond acceptors (Lipinski definition) is 3. The van der Waals surface area contributed by atoms with Gasteiger partial charge in [-0.3, -0.25) is 0 Å². The molecule has 1 heterocycles. The first kappa shape index (κ1) is 10.2. The highest BCUT2D eigenvalue weighted by molar-refractivity contribution is 5.77. The van der Waals surface area contributed by atoms with E-state index in [2.05, 4.69) is 11.4 Å². The molecule has 1 atom stereocenters. The van der Waals surface area contributed by atoms with Crippen molar-refractivity contribution in [3.8, 4) is 0 Å². The monoisotopic (exact) mass is 205 g/mol. The van der Waals surface area contributed by atoms with Gasteiger partial charge >= 0.3 is 0 Å². The highest BCUT2D eigenvalue weighted by Gasteiger charge is 2.10. The lowest BCUT2D eigenvalue weighted by molar-refractivity contribution is 0.263. The Morgan fingerprint density at radius 1 is 1.40 bits per heavy atom. The lowest BCUT2D eigenvalue weighted by atomic mass is 9.99. The second-order valence-corrected chi connectivity index (χ2v) is 3.66. The van der Waals surface area contributed by atoms with Crippen molar-refractivity contribution >= 4 is 11.0 Å². The summed E-state index contributed by atoms with van der Waals surface area (Å²) in [5.74, 6) is 0.147. The van der Waals surface area contributed by atoms with Gasteiger partial charge in [-0.1, -0.05) is 6.07 Å². The zero-order valence-corrected chi connectivity index (χ0v) is 8.73. The molecule has 2 aromatic rings. The van der Waals surface area contributed by atoms with Crippen LogP contribution >= 0.6 is 0 Å². The molecule has 0 fully saturated rings. The minimum atomic E-state index is 0.147. The molecule has 15 heavy (non-hydrogen) atoms. The summed E-state index contributed by atoms with van der Waals surface area (Å²) in [6.07, 6.45) is 1.68. The normalized spacial score (nSPS) is 13.2. The first-order chi connectivity index (χ1) is 7.35. The van der Waals surface area contributed by atoms with Gasteiger partial charge in [-0.2, -0.15) is 0 Å². The average molecular weight is 205 g/mol. The maximum absolute atomic E-state index is 9.27. The smallest absolute Gasteiger partial charge is 0.133 e. The third kappa shape index (κ3) is 2.03. The average Bonchev–Trinajstić information content (AvgIpc) is 2.72. The molecule has 80 valence electrons. The van der Waals surface area contributed by atoms with E-state index in [0.29, 0.717) is 0 Å². The number of aliphatic hydroxyl groups excluding tert-OH is 1. The van der Waals surface area contributed by atoms with Gasteiger partial charge in [0.1, 0.15) is 5.58 Å². The van der Waals surface area contributed by atoms with Crippen LogP contribution in [0.5, 0.6) is 0 Å². The van der Waals surface area contributed by atoms with Crippen LogP contribution in [0, 0.1) is 0 Å². The van der Waals surface area contributed by atoms with Crippen LogP contribution in [0.4, 0.5) is 0 Å². The number of furan rings is 1. The van der Waals surface area contributed by atoms with Crippen LogP contribution in [0.2, 0.25) is 0 Å². The van der Waals surface area contributed by atoms with Crippen molar-refractivity contribution < 1.29 is 9.52 Å². The van der Waals surface area contributed by atoms with E-state index in [1.54, 1.807) is 6.26 Å². The molecule has 3 heteroatoms. The molecular weight excluding hydrogens is 190 g/mol. The van der Waals surface area contributed by atoms with E-state index < -0.39 is 0 Å². The van der Waals surface area contributed by atoms with Gasteiger partial charge in [0.05, 0.1) is 12.9 Å². The summed E-state index contributed by atoms with van der Waals surface area (Å²) in [6.45, 7) is 0.935. The van der Waals surface area contributed by atoms with Crippen LogP contribution < -0.4 is 5.32 Å². The maximum Gasteiger partial charge on any atom is 0.133 e. The molecule has 0 amide bonds. The fourth-order valence-electron chi connectivity index (χ4n) is 1.77. The number of hydrogen-bond donors (Lipinski definition) is 2.